The normalized spacial score (nSPS) is 12.7. The summed E-state index contributed by atoms with van der Waals surface area (Å²) >= 11 is 4.34. The summed E-state index contributed by atoms with van der Waals surface area (Å²) in [6, 6.07) is 0. The Morgan fingerprint density at radius 1 is 1.17 bits per heavy atom. The van der Waals surface area contributed by atoms with Gasteiger partial charge in [-0.15, -0.1) is 10.2 Å². The van der Waals surface area contributed by atoms with E-state index >= 15 is 0 Å². The topological polar surface area (TPSA) is 51.6 Å². The Hall–Kier alpha value is 0.140. The summed E-state index contributed by atoms with van der Waals surface area (Å²) in [5.74, 6) is 0. The number of hydrogen-bond donors (Lipinski definition) is 0. The maximum atomic E-state index is 3.91. The van der Waals surface area contributed by atoms with Gasteiger partial charge in [0, 0.05) is 0 Å². The van der Waals surface area contributed by atoms with Gasteiger partial charge in [0.15, 0.2) is 3.70 Å². The first-order valence-electron chi connectivity index (χ1n) is 3.18. The molecule has 0 aromatic carbocycles. The van der Waals surface area contributed by atoms with E-state index in [-0.39, 0.29) is 0 Å². The van der Waals surface area contributed by atoms with Crippen LogP contribution in [0.2, 0.25) is 0 Å². The zero-order chi connectivity index (χ0) is 9.14. The van der Waals surface area contributed by atoms with Crippen LogP contribution in [-0.2, 0) is 0 Å². The zero-order valence-electron chi connectivity index (χ0n) is 6.54. The standard InChI is InChI=1S/C6H6I2N4/c1-3(4(2)7)5-6(8)10-12-11-9-5/h1-2H3/b4-3-. The van der Waals surface area contributed by atoms with Gasteiger partial charge in [-0.05, 0) is 78.6 Å². The molecule has 0 unspecified atom stereocenters. The monoisotopic (exact) mass is 388 g/mol. The Morgan fingerprint density at radius 3 is 2.25 bits per heavy atom. The minimum atomic E-state index is 0.788. The van der Waals surface area contributed by atoms with Gasteiger partial charge in [0.25, 0.3) is 0 Å². The summed E-state index contributed by atoms with van der Waals surface area (Å²) in [5, 5.41) is 14.7. The van der Waals surface area contributed by atoms with E-state index in [0.717, 1.165) is 15.0 Å². The van der Waals surface area contributed by atoms with E-state index in [2.05, 4.69) is 65.8 Å². The molecule has 0 fully saturated rings. The number of aromatic nitrogens is 4. The summed E-state index contributed by atoms with van der Waals surface area (Å²) in [6.45, 7) is 4.02. The summed E-state index contributed by atoms with van der Waals surface area (Å²) in [4.78, 5) is 0. The third-order valence-electron chi connectivity index (χ3n) is 1.38. The first kappa shape index (κ1) is 10.2. The van der Waals surface area contributed by atoms with Crippen molar-refractivity contribution in [1.82, 2.24) is 20.6 Å². The molecule has 64 valence electrons. The quantitative estimate of drug-likeness (QED) is 0.692. The Balaban J connectivity index is 3.21. The summed E-state index contributed by atoms with van der Waals surface area (Å²) in [7, 11) is 0. The summed E-state index contributed by atoms with van der Waals surface area (Å²) in [6.07, 6.45) is 0. The molecular weight excluding hydrogens is 382 g/mol. The first-order valence-corrected chi connectivity index (χ1v) is 5.33. The lowest BCUT2D eigenvalue weighted by molar-refractivity contribution is 0.739. The predicted molar refractivity (Wildman–Crippen MR) is 62.6 cm³/mol. The highest BCUT2D eigenvalue weighted by atomic mass is 127. The number of halogens is 2. The molecule has 0 bridgehead atoms. The molecule has 12 heavy (non-hydrogen) atoms. The first-order chi connectivity index (χ1) is 5.63. The number of rotatable bonds is 1. The van der Waals surface area contributed by atoms with E-state index in [0.29, 0.717) is 0 Å². The molecule has 0 saturated heterocycles. The molecule has 1 aromatic heterocycles. The highest BCUT2D eigenvalue weighted by Crippen LogP contribution is 2.22. The second kappa shape index (κ2) is 4.40. The fourth-order valence-electron chi connectivity index (χ4n) is 0.605. The SMILES string of the molecule is C/C(I)=C(\C)c1nnnnc1I. The average Bonchev–Trinajstić information content (AvgIpc) is 2.04. The number of allylic oxidation sites excluding steroid dienone is 2. The van der Waals surface area contributed by atoms with E-state index in [4.69, 9.17) is 0 Å². The van der Waals surface area contributed by atoms with Gasteiger partial charge in [0.05, 0.1) is 0 Å². The fraction of sp³-hybridized carbons (Fsp3) is 0.333. The molecule has 0 aliphatic rings. The van der Waals surface area contributed by atoms with Crippen LogP contribution in [-0.4, -0.2) is 20.6 Å². The molecular formula is C6H6I2N4. The Bertz CT molecular complexity index is 319. The van der Waals surface area contributed by atoms with Crippen LogP contribution in [0.1, 0.15) is 19.5 Å². The second-order valence-electron chi connectivity index (χ2n) is 2.18. The van der Waals surface area contributed by atoms with Crippen molar-refractivity contribution in [2.45, 2.75) is 13.8 Å². The third kappa shape index (κ3) is 2.31. The maximum absolute atomic E-state index is 3.91. The molecule has 0 amide bonds. The van der Waals surface area contributed by atoms with E-state index in [1.165, 1.54) is 3.58 Å². The molecule has 6 heteroatoms. The molecule has 0 atom stereocenters. The lowest BCUT2D eigenvalue weighted by atomic mass is 10.2. The average molecular weight is 388 g/mol. The van der Waals surface area contributed by atoms with Crippen LogP contribution >= 0.6 is 45.2 Å². The van der Waals surface area contributed by atoms with Crippen molar-refractivity contribution < 1.29 is 0 Å². The maximum Gasteiger partial charge on any atom is 0.153 e. The highest BCUT2D eigenvalue weighted by Gasteiger charge is 2.06. The van der Waals surface area contributed by atoms with Crippen molar-refractivity contribution in [2.75, 3.05) is 0 Å². The van der Waals surface area contributed by atoms with Gasteiger partial charge in [-0.3, -0.25) is 0 Å². The molecule has 0 N–H and O–H groups in total. The molecule has 0 aliphatic carbocycles. The van der Waals surface area contributed by atoms with Crippen molar-refractivity contribution in [2.24, 2.45) is 0 Å². The van der Waals surface area contributed by atoms with Crippen molar-refractivity contribution in [3.05, 3.63) is 13.0 Å². The van der Waals surface area contributed by atoms with Crippen molar-refractivity contribution >= 4 is 50.8 Å². The Morgan fingerprint density at radius 2 is 1.75 bits per heavy atom. The van der Waals surface area contributed by atoms with Gasteiger partial charge in [-0.2, -0.15) is 0 Å². The number of nitrogens with zero attached hydrogens (tertiary/aromatic N) is 4. The van der Waals surface area contributed by atoms with Gasteiger partial charge in [-0.25, -0.2) is 0 Å². The largest absolute Gasteiger partial charge is 0.153 e. The molecule has 0 spiro atoms. The van der Waals surface area contributed by atoms with Crippen molar-refractivity contribution in [3.8, 4) is 0 Å². The lowest BCUT2D eigenvalue weighted by Gasteiger charge is -2.00. The van der Waals surface area contributed by atoms with Gasteiger partial charge in [-0.1, -0.05) is 0 Å². The molecule has 0 aliphatic heterocycles. The van der Waals surface area contributed by atoms with Crippen molar-refractivity contribution in [1.29, 1.82) is 0 Å². The van der Waals surface area contributed by atoms with E-state index in [9.17, 15) is 0 Å². The van der Waals surface area contributed by atoms with Gasteiger partial charge >= 0.3 is 0 Å². The van der Waals surface area contributed by atoms with E-state index < -0.39 is 0 Å². The highest BCUT2D eigenvalue weighted by molar-refractivity contribution is 14.1. The van der Waals surface area contributed by atoms with Crippen LogP contribution in [0, 0.1) is 3.70 Å². The molecule has 0 radical (unpaired) electrons. The number of hydrogen-bond acceptors (Lipinski definition) is 4. The van der Waals surface area contributed by atoms with E-state index in [1.807, 2.05) is 13.8 Å². The summed E-state index contributed by atoms with van der Waals surface area (Å²) in [5.41, 5.74) is 1.92. The molecule has 1 rings (SSSR count). The minimum Gasteiger partial charge on any atom is -0.126 e. The molecule has 1 heterocycles. The van der Waals surface area contributed by atoms with Crippen LogP contribution in [0.5, 0.6) is 0 Å². The Kier molecular flexibility index (Phi) is 3.75. The van der Waals surface area contributed by atoms with Crippen molar-refractivity contribution in [3.63, 3.8) is 0 Å². The molecule has 1 aromatic rings. The van der Waals surface area contributed by atoms with Crippen LogP contribution in [0.15, 0.2) is 3.58 Å². The van der Waals surface area contributed by atoms with Gasteiger partial charge in [0.1, 0.15) is 5.69 Å². The van der Waals surface area contributed by atoms with Crippen LogP contribution in [0.4, 0.5) is 0 Å². The molecule has 0 saturated carbocycles. The predicted octanol–water partition coefficient (Wildman–Crippen LogP) is 2.06. The summed E-state index contributed by atoms with van der Waals surface area (Å²) < 4.78 is 1.98. The Labute approximate surface area is 97.5 Å². The minimum absolute atomic E-state index is 0.788. The van der Waals surface area contributed by atoms with Gasteiger partial charge in [0.2, 0.25) is 0 Å². The lowest BCUT2D eigenvalue weighted by Crippen LogP contribution is -2.01. The zero-order valence-corrected chi connectivity index (χ0v) is 10.9. The smallest absolute Gasteiger partial charge is 0.126 e. The van der Waals surface area contributed by atoms with Crippen LogP contribution in [0.25, 0.3) is 5.57 Å². The fourth-order valence-corrected chi connectivity index (χ4v) is 1.47. The van der Waals surface area contributed by atoms with Crippen LogP contribution < -0.4 is 0 Å². The molecule has 4 nitrogen and oxygen atoms in total. The van der Waals surface area contributed by atoms with Gasteiger partial charge < -0.3 is 0 Å². The second-order valence-corrected chi connectivity index (χ2v) is 4.82. The van der Waals surface area contributed by atoms with E-state index in [1.54, 1.807) is 0 Å². The van der Waals surface area contributed by atoms with Crippen LogP contribution in [0.3, 0.4) is 0 Å². The third-order valence-corrected chi connectivity index (χ3v) is 2.92.